The lowest BCUT2D eigenvalue weighted by Crippen LogP contribution is -2.49. The zero-order valence-corrected chi connectivity index (χ0v) is 16.1. The van der Waals surface area contributed by atoms with Crippen LogP contribution in [0.25, 0.3) is 0 Å². The fourth-order valence-electron chi connectivity index (χ4n) is 3.32. The maximum atomic E-state index is 12.4. The number of anilines is 3. The number of nitrogens with zero attached hydrogens (tertiary/aromatic N) is 4. The molecule has 144 valence electrons. The van der Waals surface area contributed by atoms with Crippen molar-refractivity contribution in [3.05, 3.63) is 65.7 Å². The molecule has 0 radical (unpaired) electrons. The van der Waals surface area contributed by atoms with Crippen molar-refractivity contribution < 1.29 is 9.21 Å². The predicted molar refractivity (Wildman–Crippen MR) is 108 cm³/mol. The normalized spacial score (nSPS) is 14.2. The first-order chi connectivity index (χ1) is 13.6. The fourth-order valence-corrected chi connectivity index (χ4v) is 3.32. The van der Waals surface area contributed by atoms with E-state index < -0.39 is 0 Å². The van der Waals surface area contributed by atoms with Crippen LogP contribution < -0.4 is 10.2 Å². The highest BCUT2D eigenvalue weighted by molar-refractivity contribution is 5.91. The van der Waals surface area contributed by atoms with E-state index in [9.17, 15) is 4.79 Å². The molecule has 0 unspecified atom stereocenters. The summed E-state index contributed by atoms with van der Waals surface area (Å²) < 4.78 is 5.22. The molecule has 1 amide bonds. The highest BCUT2D eigenvalue weighted by Gasteiger charge is 2.24. The first-order valence-electron chi connectivity index (χ1n) is 9.35. The molecule has 7 nitrogen and oxygen atoms in total. The Hall–Kier alpha value is -3.35. The van der Waals surface area contributed by atoms with E-state index in [4.69, 9.17) is 4.42 Å². The molecule has 0 saturated carbocycles. The summed E-state index contributed by atoms with van der Waals surface area (Å²) in [6.07, 6.45) is 1.52. The van der Waals surface area contributed by atoms with Gasteiger partial charge in [-0.25, -0.2) is 4.98 Å². The lowest BCUT2D eigenvalue weighted by Gasteiger charge is -2.35. The number of furan rings is 1. The minimum absolute atomic E-state index is 0.0645. The van der Waals surface area contributed by atoms with Gasteiger partial charge in [-0.05, 0) is 43.7 Å². The van der Waals surface area contributed by atoms with E-state index in [1.54, 1.807) is 12.1 Å². The maximum absolute atomic E-state index is 12.4. The van der Waals surface area contributed by atoms with Gasteiger partial charge in [0.15, 0.2) is 5.76 Å². The van der Waals surface area contributed by atoms with Crippen molar-refractivity contribution in [2.75, 3.05) is 36.4 Å². The second-order valence-corrected chi connectivity index (χ2v) is 6.94. The predicted octanol–water partition coefficient (Wildman–Crippen LogP) is 3.39. The molecule has 4 rings (SSSR count). The number of rotatable bonds is 4. The minimum atomic E-state index is -0.0645. The van der Waals surface area contributed by atoms with Crippen LogP contribution in [0.4, 0.5) is 17.5 Å². The van der Waals surface area contributed by atoms with E-state index in [0.29, 0.717) is 37.9 Å². The van der Waals surface area contributed by atoms with Gasteiger partial charge >= 0.3 is 0 Å². The molecule has 0 atom stereocenters. The average Bonchev–Trinajstić information content (AvgIpc) is 3.22. The van der Waals surface area contributed by atoms with Gasteiger partial charge in [0, 0.05) is 43.6 Å². The summed E-state index contributed by atoms with van der Waals surface area (Å²) in [6.45, 7) is 6.70. The zero-order valence-electron chi connectivity index (χ0n) is 16.1. The number of hydrogen-bond acceptors (Lipinski definition) is 6. The Morgan fingerprint density at radius 1 is 1.04 bits per heavy atom. The van der Waals surface area contributed by atoms with Crippen molar-refractivity contribution in [2.24, 2.45) is 0 Å². The highest BCUT2D eigenvalue weighted by Crippen LogP contribution is 2.20. The van der Waals surface area contributed by atoms with Crippen molar-refractivity contribution in [3.8, 4) is 0 Å². The summed E-state index contributed by atoms with van der Waals surface area (Å²) in [5.41, 5.74) is 3.04. The Morgan fingerprint density at radius 2 is 1.86 bits per heavy atom. The largest absolute Gasteiger partial charge is 0.459 e. The first-order valence-corrected chi connectivity index (χ1v) is 9.35. The van der Waals surface area contributed by atoms with E-state index in [2.05, 4.69) is 39.2 Å². The van der Waals surface area contributed by atoms with Gasteiger partial charge in [0.25, 0.3) is 5.91 Å². The molecule has 2 aromatic heterocycles. The number of nitrogens with one attached hydrogen (secondary N) is 1. The smallest absolute Gasteiger partial charge is 0.289 e. The number of amides is 1. The number of aryl methyl sites for hydroxylation is 2. The lowest BCUT2D eigenvalue weighted by molar-refractivity contribution is 0.0714. The molecule has 0 bridgehead atoms. The van der Waals surface area contributed by atoms with Crippen molar-refractivity contribution in [1.29, 1.82) is 0 Å². The molecule has 1 fully saturated rings. The SMILES string of the molecule is Cc1cccc(Nc2nc(C)cc(N3CCN(C(=O)c4ccco4)CC3)n2)c1. The van der Waals surface area contributed by atoms with Gasteiger partial charge in [0.05, 0.1) is 6.26 Å². The molecular formula is C21H23N5O2. The summed E-state index contributed by atoms with van der Waals surface area (Å²) in [7, 11) is 0. The molecule has 0 spiro atoms. The standard InChI is InChI=1S/C21H23N5O2/c1-15-5-3-6-17(13-15)23-21-22-16(2)14-19(24-21)25-8-10-26(11-9-25)20(27)18-7-4-12-28-18/h3-7,12-14H,8-11H2,1-2H3,(H,22,23,24). The summed E-state index contributed by atoms with van der Waals surface area (Å²) in [5.74, 6) is 1.77. The Bertz CT molecular complexity index is 963. The number of piperazine rings is 1. The minimum Gasteiger partial charge on any atom is -0.459 e. The Balaban J connectivity index is 1.45. The van der Waals surface area contributed by atoms with Crippen LogP contribution in [0.2, 0.25) is 0 Å². The van der Waals surface area contributed by atoms with Crippen molar-refractivity contribution in [2.45, 2.75) is 13.8 Å². The third-order valence-corrected chi connectivity index (χ3v) is 4.74. The van der Waals surface area contributed by atoms with Crippen molar-refractivity contribution in [3.63, 3.8) is 0 Å². The molecule has 28 heavy (non-hydrogen) atoms. The molecule has 1 saturated heterocycles. The van der Waals surface area contributed by atoms with Gasteiger partial charge in [-0.15, -0.1) is 0 Å². The lowest BCUT2D eigenvalue weighted by atomic mass is 10.2. The molecular weight excluding hydrogens is 354 g/mol. The Kier molecular flexibility index (Phi) is 4.97. The number of carbonyl (C=O) groups is 1. The highest BCUT2D eigenvalue weighted by atomic mass is 16.3. The maximum Gasteiger partial charge on any atom is 0.289 e. The van der Waals surface area contributed by atoms with Gasteiger partial charge in [0.1, 0.15) is 5.82 Å². The van der Waals surface area contributed by atoms with Gasteiger partial charge in [0.2, 0.25) is 5.95 Å². The molecule has 1 aliphatic rings. The van der Waals surface area contributed by atoms with E-state index >= 15 is 0 Å². The van der Waals surface area contributed by atoms with Crippen LogP contribution in [0.3, 0.4) is 0 Å². The average molecular weight is 377 g/mol. The molecule has 1 aliphatic heterocycles. The quantitative estimate of drug-likeness (QED) is 0.751. The van der Waals surface area contributed by atoms with E-state index in [-0.39, 0.29) is 5.91 Å². The number of aromatic nitrogens is 2. The van der Waals surface area contributed by atoms with Gasteiger partial charge in [-0.1, -0.05) is 12.1 Å². The molecule has 3 heterocycles. The van der Waals surface area contributed by atoms with Crippen LogP contribution in [0, 0.1) is 13.8 Å². The van der Waals surface area contributed by atoms with Crippen LogP contribution in [0.1, 0.15) is 21.8 Å². The zero-order chi connectivity index (χ0) is 19.5. The van der Waals surface area contributed by atoms with Crippen molar-refractivity contribution in [1.82, 2.24) is 14.9 Å². The number of carbonyl (C=O) groups excluding carboxylic acids is 1. The third-order valence-electron chi connectivity index (χ3n) is 4.74. The first kappa shape index (κ1) is 18.0. The molecule has 1 aromatic carbocycles. The van der Waals surface area contributed by atoms with E-state index in [0.717, 1.165) is 17.2 Å². The molecule has 7 heteroatoms. The van der Waals surface area contributed by atoms with Crippen LogP contribution in [-0.2, 0) is 0 Å². The molecule has 1 N–H and O–H groups in total. The fraction of sp³-hybridized carbons (Fsp3) is 0.286. The summed E-state index contributed by atoms with van der Waals surface area (Å²) >= 11 is 0. The van der Waals surface area contributed by atoms with Crippen molar-refractivity contribution >= 4 is 23.4 Å². The summed E-state index contributed by atoms with van der Waals surface area (Å²) in [6, 6.07) is 13.5. The van der Waals surface area contributed by atoms with Crippen LogP contribution in [0.15, 0.2) is 53.1 Å². The van der Waals surface area contributed by atoms with Crippen LogP contribution >= 0.6 is 0 Å². The summed E-state index contributed by atoms with van der Waals surface area (Å²) in [4.78, 5) is 25.6. The van der Waals surface area contributed by atoms with Crippen LogP contribution in [-0.4, -0.2) is 47.0 Å². The van der Waals surface area contributed by atoms with Gasteiger partial charge < -0.3 is 19.5 Å². The van der Waals surface area contributed by atoms with E-state index in [1.807, 2.05) is 30.0 Å². The third kappa shape index (κ3) is 3.98. The van der Waals surface area contributed by atoms with Crippen LogP contribution in [0.5, 0.6) is 0 Å². The van der Waals surface area contributed by atoms with Gasteiger partial charge in [-0.3, -0.25) is 4.79 Å². The van der Waals surface area contributed by atoms with Gasteiger partial charge in [-0.2, -0.15) is 4.98 Å². The second kappa shape index (κ2) is 7.72. The van der Waals surface area contributed by atoms with E-state index in [1.165, 1.54) is 11.8 Å². The molecule has 3 aromatic rings. The Labute approximate surface area is 164 Å². The monoisotopic (exact) mass is 377 g/mol. The molecule has 0 aliphatic carbocycles. The topological polar surface area (TPSA) is 74.5 Å². The summed E-state index contributed by atoms with van der Waals surface area (Å²) in [5, 5.41) is 3.28. The second-order valence-electron chi connectivity index (χ2n) is 6.94. The Morgan fingerprint density at radius 3 is 2.57 bits per heavy atom. The number of hydrogen-bond donors (Lipinski definition) is 1. The number of benzene rings is 1.